The van der Waals surface area contributed by atoms with Crippen molar-refractivity contribution in [2.45, 2.75) is 12.8 Å². The van der Waals surface area contributed by atoms with Gasteiger partial charge < -0.3 is 15.0 Å². The molecule has 1 heterocycles. The number of primary amides is 1. The minimum Gasteiger partial charge on any atom is -0.410 e. The van der Waals surface area contributed by atoms with Gasteiger partial charge >= 0.3 is 6.09 Å². The molecule has 0 spiro atoms. The molecule has 0 bridgehead atoms. The smallest absolute Gasteiger partial charge is 0.409 e. The Hall–Kier alpha value is -0.800. The zero-order valence-electron chi connectivity index (χ0n) is 9.19. The summed E-state index contributed by atoms with van der Waals surface area (Å²) in [6.45, 7) is 0. The van der Waals surface area contributed by atoms with E-state index >= 15 is 0 Å². The quantitative estimate of drug-likeness (QED) is 0.852. The number of benzene rings is 1. The topological polar surface area (TPSA) is 69.4 Å². The summed E-state index contributed by atoms with van der Waals surface area (Å²) >= 11 is 3.40. The number of ether oxygens (including phenoxy) is 1. The Morgan fingerprint density at radius 1 is 1.35 bits per heavy atom. The molecule has 1 fully saturated rings. The van der Waals surface area contributed by atoms with Crippen LogP contribution in [0.25, 0.3) is 0 Å². The van der Waals surface area contributed by atoms with E-state index < -0.39 is 13.2 Å². The van der Waals surface area contributed by atoms with E-state index in [1.54, 1.807) is 18.2 Å². The van der Waals surface area contributed by atoms with E-state index in [0.717, 1.165) is 34.9 Å². The first-order valence-corrected chi connectivity index (χ1v) is 8.24. The number of hydrogen-bond acceptors (Lipinski definition) is 3. The fraction of sp³-hybridized carbons (Fsp3) is 0.364. The van der Waals surface area contributed by atoms with Crippen molar-refractivity contribution in [3.8, 4) is 5.75 Å². The molecular weight excluding hydrogens is 305 g/mol. The molecule has 2 rings (SSSR count). The molecule has 2 N–H and O–H groups in total. The third-order valence-electron chi connectivity index (χ3n) is 2.86. The molecular formula is C11H13BrNO3P. The second-order valence-corrected chi connectivity index (χ2v) is 8.09. The predicted molar refractivity (Wildman–Crippen MR) is 70.6 cm³/mol. The third kappa shape index (κ3) is 2.72. The highest BCUT2D eigenvalue weighted by molar-refractivity contribution is 9.10. The van der Waals surface area contributed by atoms with Crippen LogP contribution in [-0.4, -0.2) is 18.4 Å². The van der Waals surface area contributed by atoms with E-state index in [4.69, 9.17) is 10.5 Å². The van der Waals surface area contributed by atoms with Crippen molar-refractivity contribution in [1.29, 1.82) is 0 Å². The summed E-state index contributed by atoms with van der Waals surface area (Å²) in [7, 11) is -2.31. The lowest BCUT2D eigenvalue weighted by Crippen LogP contribution is -2.17. The van der Waals surface area contributed by atoms with Crippen LogP contribution in [0.1, 0.15) is 12.8 Å². The Balaban J connectivity index is 2.39. The van der Waals surface area contributed by atoms with Crippen LogP contribution < -0.4 is 15.8 Å². The van der Waals surface area contributed by atoms with Crippen LogP contribution in [0.2, 0.25) is 0 Å². The van der Waals surface area contributed by atoms with Crippen molar-refractivity contribution < 1.29 is 14.1 Å². The first-order valence-electron chi connectivity index (χ1n) is 5.37. The van der Waals surface area contributed by atoms with Gasteiger partial charge in [-0.25, -0.2) is 4.79 Å². The summed E-state index contributed by atoms with van der Waals surface area (Å²) in [4.78, 5) is 10.7. The first-order chi connectivity index (χ1) is 8.01. The van der Waals surface area contributed by atoms with Crippen LogP contribution >= 0.6 is 23.1 Å². The lowest BCUT2D eigenvalue weighted by atomic mass is 10.3. The van der Waals surface area contributed by atoms with E-state index in [2.05, 4.69) is 15.9 Å². The first kappa shape index (κ1) is 12.7. The third-order valence-corrected chi connectivity index (χ3v) is 7.19. The van der Waals surface area contributed by atoms with Crippen LogP contribution in [0.15, 0.2) is 22.7 Å². The van der Waals surface area contributed by atoms with Gasteiger partial charge in [0, 0.05) is 22.1 Å². The van der Waals surface area contributed by atoms with Crippen molar-refractivity contribution in [2.24, 2.45) is 5.73 Å². The van der Waals surface area contributed by atoms with Gasteiger partial charge in [0.15, 0.2) is 0 Å². The van der Waals surface area contributed by atoms with E-state index in [1.165, 1.54) is 0 Å². The highest BCUT2D eigenvalue weighted by Crippen LogP contribution is 2.52. The molecule has 92 valence electrons. The summed E-state index contributed by atoms with van der Waals surface area (Å²) < 4.78 is 18.3. The fourth-order valence-electron chi connectivity index (χ4n) is 2.07. The summed E-state index contributed by atoms with van der Waals surface area (Å²) in [5.41, 5.74) is 4.96. The molecule has 1 aromatic carbocycles. The molecule has 1 aromatic rings. The summed E-state index contributed by atoms with van der Waals surface area (Å²) in [5, 5.41) is 0.758. The van der Waals surface area contributed by atoms with Gasteiger partial charge in [-0.1, -0.05) is 15.9 Å². The number of carbonyl (C=O) groups is 1. The van der Waals surface area contributed by atoms with E-state index in [9.17, 15) is 9.36 Å². The highest BCUT2D eigenvalue weighted by Gasteiger charge is 2.31. The van der Waals surface area contributed by atoms with Crippen molar-refractivity contribution in [2.75, 3.05) is 12.3 Å². The average Bonchev–Trinajstić information content (AvgIpc) is 2.68. The van der Waals surface area contributed by atoms with Crippen LogP contribution in [0.3, 0.4) is 0 Å². The molecule has 0 saturated carbocycles. The Morgan fingerprint density at radius 3 is 2.59 bits per heavy atom. The van der Waals surface area contributed by atoms with Gasteiger partial charge in [-0.15, -0.1) is 0 Å². The van der Waals surface area contributed by atoms with Gasteiger partial charge in [0.1, 0.15) is 12.9 Å². The molecule has 17 heavy (non-hydrogen) atoms. The summed E-state index contributed by atoms with van der Waals surface area (Å²) in [6, 6.07) is 5.02. The van der Waals surface area contributed by atoms with Crippen LogP contribution in [0.5, 0.6) is 5.75 Å². The van der Waals surface area contributed by atoms with Gasteiger partial charge in [-0.2, -0.15) is 0 Å². The van der Waals surface area contributed by atoms with Crippen molar-refractivity contribution in [3.05, 3.63) is 22.7 Å². The Bertz CT molecular complexity index is 493. The number of rotatable bonds is 2. The van der Waals surface area contributed by atoms with Crippen LogP contribution in [0, 0.1) is 0 Å². The maximum absolute atomic E-state index is 12.7. The molecule has 0 aromatic heterocycles. The van der Waals surface area contributed by atoms with E-state index in [1.807, 2.05) is 0 Å². The van der Waals surface area contributed by atoms with E-state index in [-0.39, 0.29) is 0 Å². The molecule has 0 atom stereocenters. The number of amides is 1. The van der Waals surface area contributed by atoms with Crippen LogP contribution in [0.4, 0.5) is 4.79 Å². The summed E-state index contributed by atoms with van der Waals surface area (Å²) in [6.07, 6.45) is 2.58. The predicted octanol–water partition coefficient (Wildman–Crippen LogP) is 2.69. The molecule has 1 saturated heterocycles. The second kappa shape index (κ2) is 4.83. The number of hydrogen-bond donors (Lipinski definition) is 1. The standard InChI is InChI=1S/C11H13BrNO3P/c12-9-4-3-8(16-11(13)14)7-10(9)17(15)5-1-2-6-17/h3-4,7H,1-2,5-6H2,(H2,13,14). The zero-order valence-corrected chi connectivity index (χ0v) is 11.7. The monoisotopic (exact) mass is 317 g/mol. The van der Waals surface area contributed by atoms with Gasteiger partial charge in [-0.3, -0.25) is 0 Å². The molecule has 0 radical (unpaired) electrons. The van der Waals surface area contributed by atoms with Gasteiger partial charge in [0.2, 0.25) is 0 Å². The zero-order chi connectivity index (χ0) is 12.5. The van der Waals surface area contributed by atoms with Gasteiger partial charge in [0.05, 0.1) is 0 Å². The van der Waals surface area contributed by atoms with Crippen LogP contribution in [-0.2, 0) is 4.57 Å². The minimum absolute atomic E-state index is 0.345. The second-order valence-electron chi connectivity index (χ2n) is 4.08. The minimum atomic E-state index is -2.31. The Morgan fingerprint density at radius 2 is 2.00 bits per heavy atom. The van der Waals surface area contributed by atoms with E-state index in [0.29, 0.717) is 5.75 Å². The molecule has 4 nitrogen and oxygen atoms in total. The van der Waals surface area contributed by atoms with Crippen molar-refractivity contribution in [3.63, 3.8) is 0 Å². The average molecular weight is 318 g/mol. The normalized spacial score (nSPS) is 17.9. The lowest BCUT2D eigenvalue weighted by Gasteiger charge is -2.14. The molecule has 1 aliphatic heterocycles. The van der Waals surface area contributed by atoms with Gasteiger partial charge in [-0.05, 0) is 31.0 Å². The molecule has 1 amide bonds. The highest BCUT2D eigenvalue weighted by atomic mass is 79.9. The fourth-order valence-corrected chi connectivity index (χ4v) is 6.29. The molecule has 1 aliphatic rings. The van der Waals surface area contributed by atoms with Crippen molar-refractivity contribution in [1.82, 2.24) is 0 Å². The SMILES string of the molecule is NC(=O)Oc1ccc(Br)c(P2(=O)CCCC2)c1. The molecule has 0 unspecified atom stereocenters. The number of carbonyl (C=O) groups excluding carboxylic acids is 1. The largest absolute Gasteiger partial charge is 0.410 e. The molecule has 0 aliphatic carbocycles. The number of halogens is 1. The molecule has 6 heteroatoms. The lowest BCUT2D eigenvalue weighted by molar-refractivity contribution is 0.211. The van der Waals surface area contributed by atoms with Crippen molar-refractivity contribution >= 4 is 34.5 Å². The maximum Gasteiger partial charge on any atom is 0.409 e. The number of nitrogens with two attached hydrogens (primary N) is 1. The summed E-state index contributed by atoms with van der Waals surface area (Å²) in [5.74, 6) is 0.345. The van der Waals surface area contributed by atoms with Gasteiger partial charge in [0.25, 0.3) is 0 Å². The maximum atomic E-state index is 12.7. The Kier molecular flexibility index (Phi) is 3.59. The Labute approximate surface area is 108 Å².